The van der Waals surface area contributed by atoms with Crippen LogP contribution in [0.15, 0.2) is 24.3 Å². The summed E-state index contributed by atoms with van der Waals surface area (Å²) in [5, 5.41) is 0. The van der Waals surface area contributed by atoms with Gasteiger partial charge in [-0.05, 0) is 44.0 Å². The molecule has 2 N–H and O–H groups in total. The number of rotatable bonds is 8. The van der Waals surface area contributed by atoms with Crippen LogP contribution in [0.2, 0.25) is 0 Å². The smallest absolute Gasteiger partial charge is 0.119 e. The molecule has 0 radical (unpaired) electrons. The Bertz CT molecular complexity index is 348. The molecule has 0 fully saturated rings. The van der Waals surface area contributed by atoms with Crippen LogP contribution in [0, 0.1) is 5.92 Å². The molecule has 0 saturated carbocycles. The third-order valence-electron chi connectivity index (χ3n) is 3.44. The van der Waals surface area contributed by atoms with Crippen LogP contribution in [0.3, 0.4) is 0 Å². The zero-order valence-electron chi connectivity index (χ0n) is 12.7. The maximum atomic E-state index is 5.75. The molecule has 1 unspecified atom stereocenters. The predicted molar refractivity (Wildman–Crippen MR) is 81.4 cm³/mol. The van der Waals surface area contributed by atoms with E-state index in [2.05, 4.69) is 32.7 Å². The Hall–Kier alpha value is -1.06. The van der Waals surface area contributed by atoms with Crippen LogP contribution < -0.4 is 10.5 Å². The lowest BCUT2D eigenvalue weighted by atomic mass is 10.0. The summed E-state index contributed by atoms with van der Waals surface area (Å²) in [6.07, 6.45) is 1.22. The lowest BCUT2D eigenvalue weighted by Gasteiger charge is -2.26. The Kier molecular flexibility index (Phi) is 6.89. The van der Waals surface area contributed by atoms with Crippen molar-refractivity contribution in [3.63, 3.8) is 0 Å². The highest BCUT2D eigenvalue weighted by atomic mass is 16.5. The van der Waals surface area contributed by atoms with Crippen molar-refractivity contribution in [2.24, 2.45) is 11.7 Å². The Morgan fingerprint density at radius 2 is 1.79 bits per heavy atom. The summed E-state index contributed by atoms with van der Waals surface area (Å²) in [7, 11) is 2.16. The van der Waals surface area contributed by atoms with Gasteiger partial charge < -0.3 is 15.4 Å². The molecule has 0 saturated heterocycles. The maximum Gasteiger partial charge on any atom is 0.119 e. The van der Waals surface area contributed by atoms with E-state index in [0.717, 1.165) is 30.4 Å². The van der Waals surface area contributed by atoms with Crippen molar-refractivity contribution in [3.8, 4) is 5.75 Å². The average molecular weight is 264 g/mol. The van der Waals surface area contributed by atoms with Crippen LogP contribution in [-0.2, 0) is 6.54 Å². The van der Waals surface area contributed by atoms with Crippen molar-refractivity contribution in [2.75, 3.05) is 20.2 Å². The first-order valence-electron chi connectivity index (χ1n) is 7.15. The standard InChI is InChI=1S/C16H28N2O/c1-13(2)11-14(3)18(4)9-10-19-16-7-5-15(12-17)6-8-16/h5-8,13-14H,9-12,17H2,1-4H3. The minimum absolute atomic E-state index is 0.579. The fourth-order valence-corrected chi connectivity index (χ4v) is 2.11. The molecule has 1 aromatic rings. The van der Waals surface area contributed by atoms with Crippen molar-refractivity contribution < 1.29 is 4.74 Å². The zero-order valence-corrected chi connectivity index (χ0v) is 12.7. The van der Waals surface area contributed by atoms with E-state index in [9.17, 15) is 0 Å². The van der Waals surface area contributed by atoms with Gasteiger partial charge >= 0.3 is 0 Å². The number of likely N-dealkylation sites (N-methyl/N-ethyl adjacent to an activating group) is 1. The molecule has 0 spiro atoms. The molecule has 1 atom stereocenters. The largest absolute Gasteiger partial charge is 0.492 e. The molecular weight excluding hydrogens is 236 g/mol. The molecule has 0 heterocycles. The molecule has 0 bridgehead atoms. The minimum atomic E-state index is 0.579. The predicted octanol–water partition coefficient (Wildman–Crippen LogP) is 2.89. The summed E-state index contributed by atoms with van der Waals surface area (Å²) in [6.45, 7) is 9.05. The second kappa shape index (κ2) is 8.18. The molecule has 0 aromatic heterocycles. The van der Waals surface area contributed by atoms with Crippen LogP contribution in [0.5, 0.6) is 5.75 Å². The summed E-state index contributed by atoms with van der Waals surface area (Å²) >= 11 is 0. The average Bonchev–Trinajstić information content (AvgIpc) is 2.38. The Labute approximate surface area is 117 Å². The first-order valence-corrected chi connectivity index (χ1v) is 7.15. The molecule has 0 aliphatic heterocycles. The molecular formula is C16H28N2O. The molecule has 3 heteroatoms. The lowest BCUT2D eigenvalue weighted by Crippen LogP contribution is -2.33. The molecule has 1 rings (SSSR count). The summed E-state index contributed by atoms with van der Waals surface area (Å²) < 4.78 is 5.75. The highest BCUT2D eigenvalue weighted by molar-refractivity contribution is 5.27. The van der Waals surface area contributed by atoms with Crippen LogP contribution in [0.4, 0.5) is 0 Å². The monoisotopic (exact) mass is 264 g/mol. The van der Waals surface area contributed by atoms with Crippen molar-refractivity contribution in [2.45, 2.75) is 39.8 Å². The van der Waals surface area contributed by atoms with Crippen molar-refractivity contribution >= 4 is 0 Å². The van der Waals surface area contributed by atoms with E-state index in [1.165, 1.54) is 6.42 Å². The number of benzene rings is 1. The van der Waals surface area contributed by atoms with Gasteiger partial charge in [-0.2, -0.15) is 0 Å². The van der Waals surface area contributed by atoms with Crippen LogP contribution in [0.1, 0.15) is 32.8 Å². The summed E-state index contributed by atoms with van der Waals surface area (Å²) in [5.74, 6) is 1.66. The summed E-state index contributed by atoms with van der Waals surface area (Å²) in [5.41, 5.74) is 6.70. The number of ether oxygens (including phenoxy) is 1. The molecule has 1 aromatic carbocycles. The Balaban J connectivity index is 2.28. The van der Waals surface area contributed by atoms with Gasteiger partial charge in [-0.1, -0.05) is 26.0 Å². The second-order valence-corrected chi connectivity index (χ2v) is 5.66. The van der Waals surface area contributed by atoms with Crippen molar-refractivity contribution in [3.05, 3.63) is 29.8 Å². The van der Waals surface area contributed by atoms with Gasteiger partial charge in [0.05, 0.1) is 0 Å². The lowest BCUT2D eigenvalue weighted by molar-refractivity contribution is 0.184. The van der Waals surface area contributed by atoms with E-state index in [1.807, 2.05) is 24.3 Å². The quantitative estimate of drug-likeness (QED) is 0.784. The number of hydrogen-bond acceptors (Lipinski definition) is 3. The van der Waals surface area contributed by atoms with Crippen molar-refractivity contribution in [1.82, 2.24) is 4.90 Å². The second-order valence-electron chi connectivity index (χ2n) is 5.66. The van der Waals surface area contributed by atoms with Gasteiger partial charge in [0.25, 0.3) is 0 Å². The summed E-state index contributed by atoms with van der Waals surface area (Å²) in [6, 6.07) is 8.60. The zero-order chi connectivity index (χ0) is 14.3. The van der Waals surface area contributed by atoms with Gasteiger partial charge in [0.1, 0.15) is 12.4 Å². The van der Waals surface area contributed by atoms with E-state index in [0.29, 0.717) is 12.6 Å². The van der Waals surface area contributed by atoms with Crippen LogP contribution >= 0.6 is 0 Å². The van der Waals surface area contributed by atoms with Gasteiger partial charge in [-0.3, -0.25) is 0 Å². The third-order valence-corrected chi connectivity index (χ3v) is 3.44. The third kappa shape index (κ3) is 6.08. The van der Waals surface area contributed by atoms with Crippen LogP contribution in [-0.4, -0.2) is 31.1 Å². The number of nitrogens with two attached hydrogens (primary N) is 1. The van der Waals surface area contributed by atoms with E-state index in [-0.39, 0.29) is 0 Å². The van der Waals surface area contributed by atoms with E-state index in [1.54, 1.807) is 0 Å². The van der Waals surface area contributed by atoms with Gasteiger partial charge in [-0.15, -0.1) is 0 Å². The van der Waals surface area contributed by atoms with Gasteiger partial charge in [-0.25, -0.2) is 0 Å². The van der Waals surface area contributed by atoms with Crippen LogP contribution in [0.25, 0.3) is 0 Å². The maximum absolute atomic E-state index is 5.75. The van der Waals surface area contributed by atoms with E-state index >= 15 is 0 Å². The Morgan fingerprint density at radius 1 is 1.16 bits per heavy atom. The molecule has 0 amide bonds. The topological polar surface area (TPSA) is 38.5 Å². The van der Waals surface area contributed by atoms with Gasteiger partial charge in [0, 0.05) is 19.1 Å². The van der Waals surface area contributed by atoms with E-state index in [4.69, 9.17) is 10.5 Å². The molecule has 108 valence electrons. The summed E-state index contributed by atoms with van der Waals surface area (Å²) in [4.78, 5) is 2.36. The number of nitrogens with zero attached hydrogens (tertiary/aromatic N) is 1. The van der Waals surface area contributed by atoms with Gasteiger partial charge in [0.15, 0.2) is 0 Å². The first kappa shape index (κ1) is 16.0. The van der Waals surface area contributed by atoms with Crippen molar-refractivity contribution in [1.29, 1.82) is 0 Å². The fraction of sp³-hybridized carbons (Fsp3) is 0.625. The number of hydrogen-bond donors (Lipinski definition) is 1. The SMILES string of the molecule is CC(C)CC(C)N(C)CCOc1ccc(CN)cc1. The molecule has 0 aliphatic rings. The molecule has 0 aliphatic carbocycles. The fourth-order valence-electron chi connectivity index (χ4n) is 2.11. The highest BCUT2D eigenvalue weighted by Gasteiger charge is 2.10. The normalized spacial score (nSPS) is 13.0. The minimum Gasteiger partial charge on any atom is -0.492 e. The van der Waals surface area contributed by atoms with E-state index < -0.39 is 0 Å². The molecule has 3 nitrogen and oxygen atoms in total. The first-order chi connectivity index (χ1) is 9.02. The Morgan fingerprint density at radius 3 is 2.32 bits per heavy atom. The molecule has 19 heavy (non-hydrogen) atoms. The highest BCUT2D eigenvalue weighted by Crippen LogP contribution is 2.12. The van der Waals surface area contributed by atoms with Gasteiger partial charge in [0.2, 0.25) is 0 Å².